The molecule has 0 spiro atoms. The van der Waals surface area contributed by atoms with Crippen molar-refractivity contribution in [2.24, 2.45) is 0 Å². The molecule has 0 aromatic rings. The lowest BCUT2D eigenvalue weighted by atomic mass is 10.2. The molecule has 0 bridgehead atoms. The molecule has 2 unspecified atom stereocenters. The Morgan fingerprint density at radius 2 is 2.50 bits per heavy atom. The van der Waals surface area contributed by atoms with Crippen LogP contribution < -0.4 is 0 Å². The van der Waals surface area contributed by atoms with Gasteiger partial charge in [0.1, 0.15) is 0 Å². The monoisotopic (exact) mass is 140 g/mol. The first-order valence-corrected chi connectivity index (χ1v) is 3.61. The van der Waals surface area contributed by atoms with Crippen molar-refractivity contribution < 1.29 is 4.84 Å². The van der Waals surface area contributed by atoms with Crippen LogP contribution in [0, 0.1) is 11.3 Å². The summed E-state index contributed by atoms with van der Waals surface area (Å²) in [6.07, 6.45) is 0.625. The van der Waals surface area contributed by atoms with Gasteiger partial charge in [-0.15, -0.1) is 0 Å². The number of hydrogen-bond acceptors (Lipinski definition) is 3. The standard InChI is InChI=1S/C7H12N2O/c1-3-9-6(2)4-7(5-8)10-9/h6-7H,3-4H2,1-2H3. The molecule has 0 radical (unpaired) electrons. The van der Waals surface area contributed by atoms with Crippen LogP contribution in [0.2, 0.25) is 0 Å². The Labute approximate surface area is 61.1 Å². The van der Waals surface area contributed by atoms with Crippen molar-refractivity contribution in [1.29, 1.82) is 5.26 Å². The Kier molecular flexibility index (Phi) is 2.25. The van der Waals surface area contributed by atoms with Crippen molar-refractivity contribution in [3.8, 4) is 6.07 Å². The van der Waals surface area contributed by atoms with Crippen molar-refractivity contribution in [3.05, 3.63) is 0 Å². The molecule has 56 valence electrons. The first-order chi connectivity index (χ1) is 4.77. The average Bonchev–Trinajstić information content (AvgIpc) is 2.30. The second-order valence-electron chi connectivity index (χ2n) is 2.54. The van der Waals surface area contributed by atoms with Gasteiger partial charge in [-0.3, -0.25) is 4.84 Å². The molecule has 0 saturated carbocycles. The van der Waals surface area contributed by atoms with Gasteiger partial charge in [0.05, 0.1) is 6.07 Å². The van der Waals surface area contributed by atoms with Crippen molar-refractivity contribution in [2.75, 3.05) is 6.54 Å². The van der Waals surface area contributed by atoms with E-state index in [4.69, 9.17) is 10.1 Å². The maximum Gasteiger partial charge on any atom is 0.167 e. The van der Waals surface area contributed by atoms with Gasteiger partial charge in [-0.2, -0.15) is 10.3 Å². The lowest BCUT2D eigenvalue weighted by molar-refractivity contribution is -0.142. The van der Waals surface area contributed by atoms with Crippen LogP contribution in [0.25, 0.3) is 0 Å². The van der Waals surface area contributed by atoms with Crippen LogP contribution in [0.5, 0.6) is 0 Å². The maximum absolute atomic E-state index is 8.50. The fraction of sp³-hybridized carbons (Fsp3) is 0.857. The molecule has 10 heavy (non-hydrogen) atoms. The molecule has 0 amide bonds. The summed E-state index contributed by atoms with van der Waals surface area (Å²) >= 11 is 0. The minimum Gasteiger partial charge on any atom is -0.280 e. The smallest absolute Gasteiger partial charge is 0.167 e. The largest absolute Gasteiger partial charge is 0.280 e. The Morgan fingerprint density at radius 3 is 2.80 bits per heavy atom. The van der Waals surface area contributed by atoms with Gasteiger partial charge in [0.15, 0.2) is 6.10 Å². The van der Waals surface area contributed by atoms with Gasteiger partial charge in [0, 0.05) is 19.0 Å². The van der Waals surface area contributed by atoms with Crippen molar-refractivity contribution >= 4 is 0 Å². The highest BCUT2D eigenvalue weighted by atomic mass is 16.7. The quantitative estimate of drug-likeness (QED) is 0.543. The molecule has 1 aliphatic rings. The molecule has 0 aromatic carbocycles. The van der Waals surface area contributed by atoms with Crippen LogP contribution in [0.4, 0.5) is 0 Å². The molecular weight excluding hydrogens is 128 g/mol. The van der Waals surface area contributed by atoms with E-state index in [-0.39, 0.29) is 6.10 Å². The van der Waals surface area contributed by atoms with E-state index in [1.165, 1.54) is 0 Å². The molecule has 2 atom stereocenters. The topological polar surface area (TPSA) is 36.3 Å². The summed E-state index contributed by atoms with van der Waals surface area (Å²) < 4.78 is 0. The molecule has 1 heterocycles. The van der Waals surface area contributed by atoms with E-state index in [9.17, 15) is 0 Å². The fourth-order valence-corrected chi connectivity index (χ4v) is 1.20. The minimum atomic E-state index is -0.213. The van der Waals surface area contributed by atoms with E-state index in [1.54, 1.807) is 0 Å². The van der Waals surface area contributed by atoms with Crippen LogP contribution in [0.15, 0.2) is 0 Å². The summed E-state index contributed by atoms with van der Waals surface area (Å²) in [5.41, 5.74) is 0. The van der Waals surface area contributed by atoms with E-state index < -0.39 is 0 Å². The van der Waals surface area contributed by atoms with Gasteiger partial charge >= 0.3 is 0 Å². The van der Waals surface area contributed by atoms with Gasteiger partial charge in [-0.25, -0.2) is 0 Å². The van der Waals surface area contributed by atoms with Gasteiger partial charge in [-0.05, 0) is 6.92 Å². The first-order valence-electron chi connectivity index (χ1n) is 3.61. The van der Waals surface area contributed by atoms with Crippen LogP contribution in [0.3, 0.4) is 0 Å². The molecule has 1 rings (SSSR count). The third kappa shape index (κ3) is 1.28. The van der Waals surface area contributed by atoms with Crippen molar-refractivity contribution in [1.82, 2.24) is 5.06 Å². The molecule has 3 heteroatoms. The van der Waals surface area contributed by atoms with Gasteiger partial charge in [0.2, 0.25) is 0 Å². The maximum atomic E-state index is 8.50. The SMILES string of the molecule is CCN1OC(C#N)CC1C. The zero-order valence-corrected chi connectivity index (χ0v) is 6.37. The van der Waals surface area contributed by atoms with Gasteiger partial charge in [-0.1, -0.05) is 6.92 Å². The molecule has 3 nitrogen and oxygen atoms in total. The van der Waals surface area contributed by atoms with Crippen LogP contribution in [-0.4, -0.2) is 23.8 Å². The number of hydroxylamine groups is 2. The second kappa shape index (κ2) is 3.00. The third-order valence-corrected chi connectivity index (χ3v) is 1.77. The number of hydrogen-bond donors (Lipinski definition) is 0. The Bertz CT molecular complexity index is 152. The summed E-state index contributed by atoms with van der Waals surface area (Å²) in [6.45, 7) is 4.95. The summed E-state index contributed by atoms with van der Waals surface area (Å²) in [5.74, 6) is 0. The lowest BCUT2D eigenvalue weighted by Gasteiger charge is -2.15. The van der Waals surface area contributed by atoms with Crippen molar-refractivity contribution in [3.63, 3.8) is 0 Å². The first kappa shape index (κ1) is 7.52. The van der Waals surface area contributed by atoms with Gasteiger partial charge in [0.25, 0.3) is 0 Å². The molecule has 0 N–H and O–H groups in total. The van der Waals surface area contributed by atoms with E-state index in [2.05, 4.69) is 13.0 Å². The highest BCUT2D eigenvalue weighted by Gasteiger charge is 2.28. The normalized spacial score (nSPS) is 34.1. The van der Waals surface area contributed by atoms with Crippen LogP contribution in [0.1, 0.15) is 20.3 Å². The predicted molar refractivity (Wildman–Crippen MR) is 36.9 cm³/mol. The Hall–Kier alpha value is -0.590. The Balaban J connectivity index is 2.46. The minimum absolute atomic E-state index is 0.213. The van der Waals surface area contributed by atoms with Gasteiger partial charge < -0.3 is 0 Å². The molecule has 0 aliphatic carbocycles. The molecular formula is C7H12N2O. The summed E-state index contributed by atoms with van der Waals surface area (Å²) in [5, 5.41) is 10.4. The average molecular weight is 140 g/mol. The molecule has 0 aromatic heterocycles. The van der Waals surface area contributed by atoms with E-state index >= 15 is 0 Å². The fourth-order valence-electron chi connectivity index (χ4n) is 1.20. The highest BCUT2D eigenvalue weighted by Crippen LogP contribution is 2.18. The van der Waals surface area contributed by atoms with E-state index in [0.29, 0.717) is 6.04 Å². The number of nitriles is 1. The van der Waals surface area contributed by atoms with E-state index in [1.807, 2.05) is 12.0 Å². The second-order valence-corrected chi connectivity index (χ2v) is 2.54. The number of nitrogens with zero attached hydrogens (tertiary/aromatic N) is 2. The van der Waals surface area contributed by atoms with Crippen molar-refractivity contribution in [2.45, 2.75) is 32.4 Å². The highest BCUT2D eigenvalue weighted by molar-refractivity contribution is 4.89. The number of rotatable bonds is 1. The molecule has 1 fully saturated rings. The predicted octanol–water partition coefficient (Wildman–Crippen LogP) is 0.924. The zero-order valence-electron chi connectivity index (χ0n) is 6.37. The van der Waals surface area contributed by atoms with E-state index in [0.717, 1.165) is 13.0 Å². The summed E-state index contributed by atoms with van der Waals surface area (Å²) in [7, 11) is 0. The van der Waals surface area contributed by atoms with Crippen LogP contribution in [-0.2, 0) is 4.84 Å². The molecule has 1 aliphatic heterocycles. The van der Waals surface area contributed by atoms with Crippen LogP contribution >= 0.6 is 0 Å². The third-order valence-electron chi connectivity index (χ3n) is 1.77. The Morgan fingerprint density at radius 1 is 1.80 bits per heavy atom. The summed E-state index contributed by atoms with van der Waals surface area (Å²) in [6, 6.07) is 2.49. The zero-order chi connectivity index (χ0) is 7.56. The lowest BCUT2D eigenvalue weighted by Crippen LogP contribution is -2.25. The summed E-state index contributed by atoms with van der Waals surface area (Å²) in [4.78, 5) is 5.24. The molecule has 1 saturated heterocycles.